The molecule has 8 heteroatoms. The number of rotatable bonds is 7. The van der Waals surface area contributed by atoms with Crippen molar-refractivity contribution in [1.82, 2.24) is 10.6 Å². The highest BCUT2D eigenvalue weighted by Gasteiger charge is 2.36. The van der Waals surface area contributed by atoms with E-state index in [1.807, 2.05) is 43.3 Å². The number of para-hydroxylation sites is 1. The summed E-state index contributed by atoms with van der Waals surface area (Å²) >= 11 is 0. The van der Waals surface area contributed by atoms with Crippen molar-refractivity contribution in [3.8, 4) is 11.1 Å². The fourth-order valence-corrected chi connectivity index (χ4v) is 4.51. The average Bonchev–Trinajstić information content (AvgIpc) is 2.95. The molecule has 36 heavy (non-hydrogen) atoms. The Labute approximate surface area is 208 Å². The number of halogens is 2. The van der Waals surface area contributed by atoms with Crippen LogP contribution in [0.15, 0.2) is 66.7 Å². The van der Waals surface area contributed by atoms with Crippen LogP contribution in [-0.2, 0) is 20.9 Å². The maximum absolute atomic E-state index is 13.5. The minimum Gasteiger partial charge on any atom is -0.351 e. The first-order valence-electron chi connectivity index (χ1n) is 11.8. The number of fused-ring (bicyclic) bond motifs is 3. The maximum atomic E-state index is 13.5. The lowest BCUT2D eigenvalue weighted by molar-refractivity contribution is -0.137. The zero-order chi connectivity index (χ0) is 25.8. The van der Waals surface area contributed by atoms with E-state index in [0.717, 1.165) is 35.0 Å². The molecular formula is C28H27F2N3O3. The van der Waals surface area contributed by atoms with Crippen molar-refractivity contribution in [3.05, 3.63) is 89.5 Å². The monoisotopic (exact) mass is 491 g/mol. The van der Waals surface area contributed by atoms with E-state index in [9.17, 15) is 23.2 Å². The first-order valence-corrected chi connectivity index (χ1v) is 11.8. The standard InChI is InChI=1S/C28H27F2N3O3/c1-3-8-23(26(34)31-16-17-13-18(29)15-19(30)14-17)27(35)32-25-22-11-5-4-9-20(22)21-10-6-7-12-24(21)33(2)28(25)36/h4-7,9-15,23,25H,3,8,16H2,1-2H3,(H,31,34)(H,32,35)/t23-,25+/m1/s1. The third-order valence-electron chi connectivity index (χ3n) is 6.29. The third-order valence-corrected chi connectivity index (χ3v) is 6.29. The first kappa shape index (κ1) is 25.0. The van der Waals surface area contributed by atoms with Crippen LogP contribution >= 0.6 is 0 Å². The van der Waals surface area contributed by atoms with Gasteiger partial charge in [-0.25, -0.2) is 8.78 Å². The molecule has 6 nitrogen and oxygen atoms in total. The Balaban J connectivity index is 1.57. The van der Waals surface area contributed by atoms with Crippen LogP contribution in [0, 0.1) is 17.6 Å². The summed E-state index contributed by atoms with van der Waals surface area (Å²) in [5.74, 6) is -4.08. The molecule has 0 aliphatic carbocycles. The van der Waals surface area contributed by atoms with Gasteiger partial charge < -0.3 is 15.5 Å². The van der Waals surface area contributed by atoms with Crippen molar-refractivity contribution in [2.45, 2.75) is 32.4 Å². The summed E-state index contributed by atoms with van der Waals surface area (Å²) in [6.45, 7) is 1.70. The molecule has 3 aromatic rings. The molecule has 0 saturated heterocycles. The van der Waals surface area contributed by atoms with Crippen molar-refractivity contribution < 1.29 is 23.2 Å². The molecule has 2 atom stereocenters. The number of nitrogens with zero attached hydrogens (tertiary/aromatic N) is 1. The quantitative estimate of drug-likeness (QED) is 0.478. The van der Waals surface area contributed by atoms with Crippen LogP contribution in [0.25, 0.3) is 11.1 Å². The Morgan fingerprint density at radius 2 is 1.58 bits per heavy atom. The number of hydrogen-bond donors (Lipinski definition) is 2. The molecular weight excluding hydrogens is 464 g/mol. The molecule has 2 N–H and O–H groups in total. The van der Waals surface area contributed by atoms with Gasteiger partial charge in [0.1, 0.15) is 23.6 Å². The zero-order valence-corrected chi connectivity index (χ0v) is 20.1. The van der Waals surface area contributed by atoms with Crippen molar-refractivity contribution in [3.63, 3.8) is 0 Å². The number of likely N-dealkylation sites (N-methyl/N-ethyl adjacent to an activating group) is 1. The second-order valence-electron chi connectivity index (χ2n) is 8.78. The molecule has 1 aliphatic rings. The van der Waals surface area contributed by atoms with Gasteiger partial charge in [0.2, 0.25) is 11.8 Å². The van der Waals surface area contributed by atoms with Crippen molar-refractivity contribution in [1.29, 1.82) is 0 Å². The molecule has 0 radical (unpaired) electrons. The lowest BCUT2D eigenvalue weighted by Crippen LogP contribution is -2.46. The average molecular weight is 492 g/mol. The van der Waals surface area contributed by atoms with Crippen molar-refractivity contribution in [2.75, 3.05) is 11.9 Å². The lowest BCUT2D eigenvalue weighted by Gasteiger charge is -2.25. The molecule has 0 bridgehead atoms. The molecule has 4 rings (SSSR count). The number of anilines is 1. The Morgan fingerprint density at radius 1 is 0.944 bits per heavy atom. The zero-order valence-electron chi connectivity index (χ0n) is 20.1. The molecule has 1 heterocycles. The SMILES string of the molecule is CCC[C@H](C(=O)NCc1cc(F)cc(F)c1)C(=O)N[C@@H]1C(=O)N(C)c2ccccc2-c2ccccc21. The van der Waals surface area contributed by atoms with Gasteiger partial charge in [0.25, 0.3) is 5.91 Å². The highest BCUT2D eigenvalue weighted by atomic mass is 19.1. The Kier molecular flexibility index (Phi) is 7.43. The highest BCUT2D eigenvalue weighted by molar-refractivity contribution is 6.07. The van der Waals surface area contributed by atoms with E-state index >= 15 is 0 Å². The third kappa shape index (κ3) is 5.12. The summed E-state index contributed by atoms with van der Waals surface area (Å²) in [4.78, 5) is 41.3. The molecule has 0 unspecified atom stereocenters. The topological polar surface area (TPSA) is 78.5 Å². The molecule has 0 spiro atoms. The Morgan fingerprint density at radius 3 is 2.28 bits per heavy atom. The summed E-state index contributed by atoms with van der Waals surface area (Å²) in [6, 6.07) is 16.8. The summed E-state index contributed by atoms with van der Waals surface area (Å²) in [7, 11) is 1.65. The molecule has 1 aliphatic heterocycles. The lowest BCUT2D eigenvalue weighted by atomic mass is 9.94. The number of nitrogens with one attached hydrogen (secondary N) is 2. The van der Waals surface area contributed by atoms with Crippen molar-refractivity contribution in [2.24, 2.45) is 5.92 Å². The molecule has 186 valence electrons. The van der Waals surface area contributed by atoms with E-state index in [0.29, 0.717) is 12.0 Å². The number of amides is 3. The number of carbonyl (C=O) groups is 3. The van der Waals surface area contributed by atoms with E-state index in [1.54, 1.807) is 19.2 Å². The number of hydrogen-bond acceptors (Lipinski definition) is 3. The van der Waals surface area contributed by atoms with Gasteiger partial charge in [0, 0.05) is 25.2 Å². The Hall–Kier alpha value is -4.07. The summed E-state index contributed by atoms with van der Waals surface area (Å²) < 4.78 is 27.0. The summed E-state index contributed by atoms with van der Waals surface area (Å²) in [6.07, 6.45) is 0.786. The minimum atomic E-state index is -1.08. The van der Waals surface area contributed by atoms with Crippen LogP contribution in [0.4, 0.5) is 14.5 Å². The maximum Gasteiger partial charge on any atom is 0.253 e. The smallest absolute Gasteiger partial charge is 0.253 e. The molecule has 0 saturated carbocycles. The second kappa shape index (κ2) is 10.7. The van der Waals surface area contributed by atoms with Gasteiger partial charge in [-0.15, -0.1) is 0 Å². The first-order chi connectivity index (χ1) is 17.3. The van der Waals surface area contributed by atoms with Gasteiger partial charge in [-0.3, -0.25) is 14.4 Å². The Bertz CT molecular complexity index is 1290. The molecule has 0 aromatic heterocycles. The van der Waals surface area contributed by atoms with Crippen LogP contribution in [0.3, 0.4) is 0 Å². The van der Waals surface area contributed by atoms with E-state index in [1.165, 1.54) is 4.90 Å². The highest BCUT2D eigenvalue weighted by Crippen LogP contribution is 2.39. The van der Waals surface area contributed by atoms with Gasteiger partial charge in [-0.2, -0.15) is 0 Å². The predicted molar refractivity (Wildman–Crippen MR) is 133 cm³/mol. The fraction of sp³-hybridized carbons (Fsp3) is 0.250. The van der Waals surface area contributed by atoms with E-state index in [-0.39, 0.29) is 24.4 Å². The van der Waals surface area contributed by atoms with Crippen LogP contribution in [0.1, 0.15) is 36.9 Å². The van der Waals surface area contributed by atoms with Crippen LogP contribution in [0.5, 0.6) is 0 Å². The normalized spacial score (nSPS) is 15.4. The van der Waals surface area contributed by atoms with E-state index in [4.69, 9.17) is 0 Å². The van der Waals surface area contributed by atoms with E-state index < -0.39 is 35.4 Å². The van der Waals surface area contributed by atoms with Gasteiger partial charge >= 0.3 is 0 Å². The van der Waals surface area contributed by atoms with Crippen molar-refractivity contribution >= 4 is 23.4 Å². The number of carbonyl (C=O) groups excluding carboxylic acids is 3. The molecule has 3 amide bonds. The second-order valence-corrected chi connectivity index (χ2v) is 8.78. The van der Waals surface area contributed by atoms with Gasteiger partial charge in [-0.05, 0) is 41.3 Å². The molecule has 3 aromatic carbocycles. The summed E-state index contributed by atoms with van der Waals surface area (Å²) in [5, 5.41) is 5.39. The van der Waals surface area contributed by atoms with Gasteiger partial charge in [0.05, 0.1) is 5.69 Å². The van der Waals surface area contributed by atoms with Crippen LogP contribution < -0.4 is 15.5 Å². The summed E-state index contributed by atoms with van der Waals surface area (Å²) in [5.41, 5.74) is 3.28. The predicted octanol–water partition coefficient (Wildman–Crippen LogP) is 4.50. The van der Waals surface area contributed by atoms with Gasteiger partial charge in [-0.1, -0.05) is 55.8 Å². The van der Waals surface area contributed by atoms with Gasteiger partial charge in [0.15, 0.2) is 0 Å². The van der Waals surface area contributed by atoms with Crippen LogP contribution in [-0.4, -0.2) is 24.8 Å². The number of benzene rings is 3. The van der Waals surface area contributed by atoms with E-state index in [2.05, 4.69) is 10.6 Å². The molecule has 0 fully saturated rings. The fourth-order valence-electron chi connectivity index (χ4n) is 4.51. The van der Waals surface area contributed by atoms with Crippen LogP contribution in [0.2, 0.25) is 0 Å². The minimum absolute atomic E-state index is 0.135. The largest absolute Gasteiger partial charge is 0.351 e.